The second-order valence-corrected chi connectivity index (χ2v) is 6.98. The van der Waals surface area contributed by atoms with Gasteiger partial charge in [-0.15, -0.1) is 0 Å². The molecule has 1 N–H and O–H groups in total. The quantitative estimate of drug-likeness (QED) is 0.441. The number of esters is 1. The van der Waals surface area contributed by atoms with Gasteiger partial charge in [-0.3, -0.25) is 14.4 Å². The molecule has 1 aliphatic rings. The predicted molar refractivity (Wildman–Crippen MR) is 98.5 cm³/mol. The Kier molecular flexibility index (Phi) is 6.59. The van der Waals surface area contributed by atoms with Gasteiger partial charge in [-0.1, -0.05) is 0 Å². The summed E-state index contributed by atoms with van der Waals surface area (Å²) < 4.78 is 6.07. The van der Waals surface area contributed by atoms with Crippen LogP contribution in [0.4, 0.5) is 5.69 Å². The summed E-state index contributed by atoms with van der Waals surface area (Å²) in [4.78, 5) is 37.7. The van der Waals surface area contributed by atoms with Crippen molar-refractivity contribution >= 4 is 46.1 Å². The first-order valence-electron chi connectivity index (χ1n) is 7.95. The molecule has 24 heavy (non-hydrogen) atoms. The predicted octanol–water partition coefficient (Wildman–Crippen LogP) is 2.34. The average Bonchev–Trinajstić information content (AvgIpc) is 2.57. The smallest absolute Gasteiger partial charge is 0.313 e. The number of ether oxygens (including phenoxy) is 1. The molecule has 0 bridgehead atoms. The van der Waals surface area contributed by atoms with Crippen LogP contribution in [0.2, 0.25) is 0 Å². The lowest BCUT2D eigenvalue weighted by molar-refractivity contribution is -0.152. The van der Waals surface area contributed by atoms with Gasteiger partial charge < -0.3 is 15.0 Å². The molecule has 1 saturated heterocycles. The Morgan fingerprint density at radius 1 is 1.29 bits per heavy atom. The van der Waals surface area contributed by atoms with Crippen molar-refractivity contribution in [2.75, 3.05) is 25.0 Å². The van der Waals surface area contributed by atoms with Crippen LogP contribution in [0.5, 0.6) is 0 Å². The second kappa shape index (κ2) is 8.46. The summed E-state index contributed by atoms with van der Waals surface area (Å²) in [5, 5.41) is 2.66. The highest BCUT2D eigenvalue weighted by Gasteiger charge is 2.30. The highest BCUT2D eigenvalue weighted by atomic mass is 127. The molecule has 1 aromatic carbocycles. The summed E-state index contributed by atoms with van der Waals surface area (Å²) in [6.45, 7) is 4.79. The number of nitrogens with one attached hydrogen (secondary N) is 1. The van der Waals surface area contributed by atoms with Gasteiger partial charge in [0.15, 0.2) is 0 Å². The van der Waals surface area contributed by atoms with E-state index >= 15 is 0 Å². The number of likely N-dealkylation sites (tertiary alicyclic amines) is 1. The molecule has 130 valence electrons. The maximum Gasteiger partial charge on any atom is 0.313 e. The molecule has 1 aromatic rings. The molecule has 0 aromatic heterocycles. The number of hydrogen-bond donors (Lipinski definition) is 1. The molecule has 0 unspecified atom stereocenters. The number of carbonyl (C=O) groups is 3. The molecule has 0 aliphatic carbocycles. The van der Waals surface area contributed by atoms with Crippen LogP contribution in [0.3, 0.4) is 0 Å². The summed E-state index contributed by atoms with van der Waals surface area (Å²) in [5.41, 5.74) is 1.54. The van der Waals surface area contributed by atoms with Gasteiger partial charge >= 0.3 is 17.8 Å². The molecular formula is C17H21IN2O4. The number of halogens is 1. The number of piperidine rings is 1. The lowest BCUT2D eigenvalue weighted by atomic mass is 9.97. The van der Waals surface area contributed by atoms with Gasteiger partial charge in [-0.25, -0.2) is 0 Å². The standard InChI is InChI=1S/C17H21IN2O4/c1-3-24-17(23)12-6-8-20(9-7-12)16(22)15(21)19-14-5-4-13(18)10-11(14)2/h4-5,10,12H,3,6-9H2,1-2H3,(H,19,21). The molecule has 1 aliphatic heterocycles. The van der Waals surface area contributed by atoms with Crippen LogP contribution in [-0.4, -0.2) is 42.4 Å². The number of carbonyl (C=O) groups excluding carboxylic acids is 3. The van der Waals surface area contributed by atoms with Gasteiger partial charge in [-0.05, 0) is 73.0 Å². The zero-order valence-electron chi connectivity index (χ0n) is 13.8. The Hall–Kier alpha value is -1.64. The summed E-state index contributed by atoms with van der Waals surface area (Å²) in [5.74, 6) is -1.61. The third kappa shape index (κ3) is 4.68. The monoisotopic (exact) mass is 444 g/mol. The van der Waals surface area contributed by atoms with Crippen LogP contribution in [0.15, 0.2) is 18.2 Å². The van der Waals surface area contributed by atoms with Crippen LogP contribution in [-0.2, 0) is 19.1 Å². The van der Waals surface area contributed by atoms with Crippen LogP contribution < -0.4 is 5.32 Å². The largest absolute Gasteiger partial charge is 0.466 e. The van der Waals surface area contributed by atoms with Crippen molar-refractivity contribution in [3.05, 3.63) is 27.3 Å². The number of rotatable bonds is 3. The summed E-state index contributed by atoms with van der Waals surface area (Å²) in [6, 6.07) is 5.60. The summed E-state index contributed by atoms with van der Waals surface area (Å²) in [7, 11) is 0. The second-order valence-electron chi connectivity index (χ2n) is 5.73. The molecule has 2 rings (SSSR count). The van der Waals surface area contributed by atoms with E-state index in [1.54, 1.807) is 13.0 Å². The topological polar surface area (TPSA) is 75.7 Å². The molecule has 2 amide bonds. The van der Waals surface area contributed by atoms with Crippen molar-refractivity contribution < 1.29 is 19.1 Å². The number of hydrogen-bond acceptors (Lipinski definition) is 4. The molecule has 1 heterocycles. The minimum Gasteiger partial charge on any atom is -0.466 e. The Morgan fingerprint density at radius 3 is 2.54 bits per heavy atom. The van der Waals surface area contributed by atoms with Gasteiger partial charge in [0, 0.05) is 22.3 Å². The van der Waals surface area contributed by atoms with E-state index in [-0.39, 0.29) is 11.9 Å². The fraction of sp³-hybridized carbons (Fsp3) is 0.471. The number of anilines is 1. The highest BCUT2D eigenvalue weighted by molar-refractivity contribution is 14.1. The van der Waals surface area contributed by atoms with Gasteiger partial charge in [-0.2, -0.15) is 0 Å². The number of aryl methyl sites for hydroxylation is 1. The molecule has 6 nitrogen and oxygen atoms in total. The molecule has 0 spiro atoms. The highest BCUT2D eigenvalue weighted by Crippen LogP contribution is 2.20. The molecular weight excluding hydrogens is 423 g/mol. The molecule has 1 fully saturated rings. The first kappa shape index (κ1) is 18.7. The zero-order chi connectivity index (χ0) is 17.7. The lowest BCUT2D eigenvalue weighted by Gasteiger charge is -2.30. The van der Waals surface area contributed by atoms with Crippen LogP contribution in [0, 0.1) is 16.4 Å². The van der Waals surface area contributed by atoms with Crippen molar-refractivity contribution in [1.29, 1.82) is 0 Å². The van der Waals surface area contributed by atoms with E-state index in [0.29, 0.717) is 38.2 Å². The van der Waals surface area contributed by atoms with Crippen LogP contribution >= 0.6 is 22.6 Å². The third-order valence-electron chi connectivity index (χ3n) is 4.03. The van der Waals surface area contributed by atoms with Crippen molar-refractivity contribution in [2.45, 2.75) is 26.7 Å². The maximum absolute atomic E-state index is 12.3. The normalized spacial score (nSPS) is 15.0. The molecule has 7 heteroatoms. The average molecular weight is 444 g/mol. The number of amides is 2. The van der Waals surface area contributed by atoms with E-state index in [0.717, 1.165) is 9.13 Å². The Bertz CT molecular complexity index is 639. The van der Waals surface area contributed by atoms with E-state index in [4.69, 9.17) is 4.74 Å². The molecule has 0 saturated carbocycles. The first-order valence-corrected chi connectivity index (χ1v) is 9.03. The van der Waals surface area contributed by atoms with Crippen molar-refractivity contribution in [3.8, 4) is 0 Å². The van der Waals surface area contributed by atoms with Gasteiger partial charge in [0.2, 0.25) is 0 Å². The summed E-state index contributed by atoms with van der Waals surface area (Å²) in [6.07, 6.45) is 1.06. The van der Waals surface area contributed by atoms with Crippen LogP contribution in [0.25, 0.3) is 0 Å². The molecule has 0 radical (unpaired) electrons. The first-order chi connectivity index (χ1) is 11.4. The van der Waals surface area contributed by atoms with Gasteiger partial charge in [0.05, 0.1) is 12.5 Å². The van der Waals surface area contributed by atoms with Crippen molar-refractivity contribution in [1.82, 2.24) is 4.90 Å². The number of benzene rings is 1. The maximum atomic E-state index is 12.3. The lowest BCUT2D eigenvalue weighted by Crippen LogP contribution is -2.45. The van der Waals surface area contributed by atoms with Gasteiger partial charge in [0.25, 0.3) is 0 Å². The fourth-order valence-electron chi connectivity index (χ4n) is 2.67. The van der Waals surface area contributed by atoms with Crippen LogP contribution in [0.1, 0.15) is 25.3 Å². The Morgan fingerprint density at radius 2 is 1.96 bits per heavy atom. The third-order valence-corrected chi connectivity index (χ3v) is 4.70. The van der Waals surface area contributed by atoms with Gasteiger partial charge in [0.1, 0.15) is 0 Å². The Balaban J connectivity index is 1.90. The Labute approximate surface area is 155 Å². The summed E-state index contributed by atoms with van der Waals surface area (Å²) >= 11 is 2.19. The van der Waals surface area contributed by atoms with Crippen molar-refractivity contribution in [3.63, 3.8) is 0 Å². The van der Waals surface area contributed by atoms with E-state index in [9.17, 15) is 14.4 Å². The fourth-order valence-corrected chi connectivity index (χ4v) is 3.31. The number of nitrogens with zero attached hydrogens (tertiary/aromatic N) is 1. The zero-order valence-corrected chi connectivity index (χ0v) is 16.0. The minimum atomic E-state index is -0.645. The van der Waals surface area contributed by atoms with E-state index in [1.807, 2.05) is 19.1 Å². The van der Waals surface area contributed by atoms with E-state index in [2.05, 4.69) is 27.9 Å². The van der Waals surface area contributed by atoms with Crippen molar-refractivity contribution in [2.24, 2.45) is 5.92 Å². The molecule has 0 atom stereocenters. The van der Waals surface area contributed by atoms with E-state index in [1.165, 1.54) is 4.90 Å². The van der Waals surface area contributed by atoms with E-state index < -0.39 is 11.8 Å². The minimum absolute atomic E-state index is 0.185. The SMILES string of the molecule is CCOC(=O)C1CCN(C(=O)C(=O)Nc2ccc(I)cc2C)CC1.